The number of carboxylic acid groups (broad SMARTS) is 1. The lowest BCUT2D eigenvalue weighted by Crippen LogP contribution is -2.62. The summed E-state index contributed by atoms with van der Waals surface area (Å²) in [4.78, 5) is 24.9. The number of β-lactam (4-membered cyclic amide) rings is 1. The molecule has 2 aliphatic heterocycles. The summed E-state index contributed by atoms with van der Waals surface area (Å²) < 4.78 is 34.4. The Morgan fingerprint density at radius 1 is 1.55 bits per heavy atom. The Labute approximate surface area is 119 Å². The molecular formula is C10H13NO7S2. The zero-order chi connectivity index (χ0) is 15.2. The molecule has 10 heteroatoms. The first-order valence-electron chi connectivity index (χ1n) is 5.66. The van der Waals surface area contributed by atoms with Crippen molar-refractivity contribution < 1.29 is 31.8 Å². The van der Waals surface area contributed by atoms with Crippen molar-refractivity contribution in [2.45, 2.75) is 25.5 Å². The van der Waals surface area contributed by atoms with E-state index in [1.54, 1.807) is 6.26 Å². The van der Waals surface area contributed by atoms with Gasteiger partial charge in [0.05, 0.1) is 18.1 Å². The minimum absolute atomic E-state index is 0.0530. The first kappa shape index (κ1) is 15.3. The van der Waals surface area contributed by atoms with Gasteiger partial charge in [-0.05, 0) is 13.2 Å². The maximum absolute atomic E-state index is 12.0. The van der Waals surface area contributed by atoms with Gasteiger partial charge in [0, 0.05) is 11.3 Å². The third-order valence-corrected chi connectivity index (χ3v) is 4.80. The zero-order valence-electron chi connectivity index (χ0n) is 10.6. The molecule has 0 aliphatic carbocycles. The Morgan fingerprint density at radius 2 is 2.15 bits per heavy atom. The van der Waals surface area contributed by atoms with Crippen LogP contribution in [0, 0.1) is 5.92 Å². The summed E-state index contributed by atoms with van der Waals surface area (Å²) in [5, 5.41) is 9.13. The van der Waals surface area contributed by atoms with Gasteiger partial charge >= 0.3 is 16.4 Å². The van der Waals surface area contributed by atoms with Crippen LogP contribution < -0.4 is 0 Å². The number of hydrogen-bond acceptors (Lipinski definition) is 6. The second-order valence-corrected chi connectivity index (χ2v) is 6.46. The normalized spacial score (nSPS) is 27.4. The monoisotopic (exact) mass is 323 g/mol. The van der Waals surface area contributed by atoms with E-state index in [-0.39, 0.29) is 5.70 Å². The van der Waals surface area contributed by atoms with Crippen LogP contribution in [0.15, 0.2) is 10.6 Å². The van der Waals surface area contributed by atoms with E-state index in [0.29, 0.717) is 11.3 Å². The van der Waals surface area contributed by atoms with Crippen LogP contribution in [0.25, 0.3) is 0 Å². The summed E-state index contributed by atoms with van der Waals surface area (Å²) in [6, 6.07) is -0.437. The third kappa shape index (κ3) is 2.43. The second-order valence-electron chi connectivity index (χ2n) is 4.52. The molecule has 0 bridgehead atoms. The molecule has 8 nitrogen and oxygen atoms in total. The quantitative estimate of drug-likeness (QED) is 0.539. The van der Waals surface area contributed by atoms with Gasteiger partial charge in [-0.3, -0.25) is 9.35 Å². The maximum atomic E-state index is 12.0. The van der Waals surface area contributed by atoms with E-state index in [9.17, 15) is 18.0 Å². The molecule has 3 atom stereocenters. The summed E-state index contributed by atoms with van der Waals surface area (Å²) >= 11 is 1.24. The van der Waals surface area contributed by atoms with Crippen molar-refractivity contribution in [3.8, 4) is 0 Å². The molecule has 1 fully saturated rings. The molecule has 2 rings (SSSR count). The van der Waals surface area contributed by atoms with Gasteiger partial charge < -0.3 is 10.0 Å². The number of amides is 1. The van der Waals surface area contributed by atoms with Crippen molar-refractivity contribution in [3.05, 3.63) is 10.6 Å². The molecule has 0 unspecified atom stereocenters. The van der Waals surface area contributed by atoms with Gasteiger partial charge in [-0.15, -0.1) is 11.8 Å². The van der Waals surface area contributed by atoms with Crippen LogP contribution in [0.5, 0.6) is 0 Å². The van der Waals surface area contributed by atoms with E-state index in [2.05, 4.69) is 4.18 Å². The highest BCUT2D eigenvalue weighted by Crippen LogP contribution is 2.46. The molecule has 2 heterocycles. The summed E-state index contributed by atoms with van der Waals surface area (Å²) in [5.74, 6) is -2.48. The van der Waals surface area contributed by atoms with Crippen molar-refractivity contribution in [3.63, 3.8) is 0 Å². The van der Waals surface area contributed by atoms with Gasteiger partial charge in [-0.25, -0.2) is 8.98 Å². The molecule has 1 amide bonds. The average molecular weight is 323 g/mol. The first-order chi connectivity index (χ1) is 9.17. The van der Waals surface area contributed by atoms with Crippen LogP contribution >= 0.6 is 11.8 Å². The van der Waals surface area contributed by atoms with Crippen LogP contribution in [0.1, 0.15) is 13.3 Å². The number of aliphatic carboxylic acids is 1. The maximum Gasteiger partial charge on any atom is 0.397 e. The average Bonchev–Trinajstić information content (AvgIpc) is 2.61. The van der Waals surface area contributed by atoms with E-state index in [1.165, 1.54) is 18.7 Å². The number of hydrogen-bond donors (Lipinski definition) is 2. The SMILES string of the molecule is CSC1=C(C(=O)O)N2C(=O)[C@@H]([C@H](C)OS(=O)(=O)O)[C@H]2C1. The summed E-state index contributed by atoms with van der Waals surface area (Å²) in [6.45, 7) is 1.35. The molecule has 1 saturated heterocycles. The smallest absolute Gasteiger partial charge is 0.397 e. The van der Waals surface area contributed by atoms with Crippen LogP contribution in [0.4, 0.5) is 0 Å². The number of carboxylic acids is 1. The summed E-state index contributed by atoms with van der Waals surface area (Å²) in [6.07, 6.45) is 1.01. The molecular weight excluding hydrogens is 310 g/mol. The summed E-state index contributed by atoms with van der Waals surface area (Å²) in [5.41, 5.74) is -0.0530. The van der Waals surface area contributed by atoms with Crippen LogP contribution in [0.3, 0.4) is 0 Å². The Kier molecular flexibility index (Phi) is 3.84. The number of carbonyl (C=O) groups is 2. The van der Waals surface area contributed by atoms with Crippen LogP contribution in [-0.4, -0.2) is 53.3 Å². The Balaban J connectivity index is 2.20. The fourth-order valence-corrected chi connectivity index (χ4v) is 3.87. The highest BCUT2D eigenvalue weighted by Gasteiger charge is 2.57. The predicted molar refractivity (Wildman–Crippen MR) is 69.0 cm³/mol. The number of rotatable bonds is 5. The van der Waals surface area contributed by atoms with Gasteiger partial charge in [-0.1, -0.05) is 0 Å². The molecule has 0 aromatic rings. The fourth-order valence-electron chi connectivity index (χ4n) is 2.65. The Morgan fingerprint density at radius 3 is 2.60 bits per heavy atom. The lowest BCUT2D eigenvalue weighted by molar-refractivity contribution is -0.160. The minimum Gasteiger partial charge on any atom is -0.477 e. The first-order valence-corrected chi connectivity index (χ1v) is 8.25. The molecule has 112 valence electrons. The molecule has 0 spiro atoms. The lowest BCUT2D eigenvalue weighted by atomic mass is 9.83. The Hall–Kier alpha value is -1.10. The van der Waals surface area contributed by atoms with Crippen molar-refractivity contribution in [1.82, 2.24) is 4.90 Å². The zero-order valence-corrected chi connectivity index (χ0v) is 12.3. The largest absolute Gasteiger partial charge is 0.477 e. The number of fused-ring (bicyclic) bond motifs is 1. The molecule has 0 saturated carbocycles. The van der Waals surface area contributed by atoms with E-state index in [4.69, 9.17) is 9.66 Å². The summed E-state index contributed by atoms with van der Waals surface area (Å²) in [7, 11) is -4.65. The van der Waals surface area contributed by atoms with Gasteiger partial charge in [0.2, 0.25) is 5.91 Å². The van der Waals surface area contributed by atoms with E-state index in [0.717, 1.165) is 4.90 Å². The van der Waals surface area contributed by atoms with E-state index < -0.39 is 40.3 Å². The van der Waals surface area contributed by atoms with E-state index >= 15 is 0 Å². The molecule has 0 aromatic carbocycles. The molecule has 0 radical (unpaired) electrons. The van der Waals surface area contributed by atoms with E-state index in [1.807, 2.05) is 0 Å². The van der Waals surface area contributed by atoms with Gasteiger partial charge in [-0.2, -0.15) is 8.42 Å². The molecule has 20 heavy (non-hydrogen) atoms. The highest BCUT2D eigenvalue weighted by molar-refractivity contribution is 8.02. The van der Waals surface area contributed by atoms with Gasteiger partial charge in [0.15, 0.2) is 0 Å². The second kappa shape index (κ2) is 5.02. The topological polar surface area (TPSA) is 121 Å². The van der Waals surface area contributed by atoms with Crippen molar-refractivity contribution in [2.24, 2.45) is 5.92 Å². The number of nitrogens with zero attached hydrogens (tertiary/aromatic N) is 1. The highest BCUT2D eigenvalue weighted by atomic mass is 32.3. The van der Waals surface area contributed by atoms with Crippen LogP contribution in [-0.2, 0) is 24.2 Å². The van der Waals surface area contributed by atoms with Crippen molar-refractivity contribution in [1.29, 1.82) is 0 Å². The standard InChI is InChI=1S/C10H13NO7S2/c1-4(18-20(15,16)17)7-5-3-6(19-2)8(10(13)14)11(5)9(7)12/h4-5,7H,3H2,1-2H3,(H,13,14)(H,15,16,17)/t4-,5+,7-/m0/s1. The lowest BCUT2D eigenvalue weighted by Gasteiger charge is -2.45. The van der Waals surface area contributed by atoms with Gasteiger partial charge in [0.1, 0.15) is 5.70 Å². The predicted octanol–water partition coefficient (Wildman–Crippen LogP) is 0.0842. The van der Waals surface area contributed by atoms with Crippen molar-refractivity contribution in [2.75, 3.05) is 6.26 Å². The van der Waals surface area contributed by atoms with Crippen LogP contribution in [0.2, 0.25) is 0 Å². The van der Waals surface area contributed by atoms with Crippen molar-refractivity contribution >= 4 is 34.0 Å². The fraction of sp³-hybridized carbons (Fsp3) is 0.600. The third-order valence-electron chi connectivity index (χ3n) is 3.40. The molecule has 2 aliphatic rings. The molecule has 2 N–H and O–H groups in total. The molecule has 0 aromatic heterocycles. The number of carbonyl (C=O) groups excluding carboxylic acids is 1. The minimum atomic E-state index is -4.65. The van der Waals surface area contributed by atoms with Gasteiger partial charge in [0.25, 0.3) is 0 Å². The number of thioether (sulfide) groups is 1. The Bertz CT molecular complexity index is 597.